The molecule has 1 heterocycles. The van der Waals surface area contributed by atoms with Crippen molar-refractivity contribution in [2.24, 2.45) is 0 Å². The molecule has 3 heteroatoms. The van der Waals surface area contributed by atoms with Crippen LogP contribution in [0.15, 0.2) is 18.2 Å². The number of rotatable bonds is 2. The van der Waals surface area contributed by atoms with Gasteiger partial charge >= 0.3 is 0 Å². The fraction of sp³-hybridized carbons (Fsp3) is 0.526. The highest BCUT2D eigenvalue weighted by atomic mass is 16.5. The Balaban J connectivity index is 0.000000421. The number of fused-ring (bicyclic) bond motifs is 1. The van der Waals surface area contributed by atoms with Crippen molar-refractivity contribution in [2.75, 3.05) is 0 Å². The van der Waals surface area contributed by atoms with Gasteiger partial charge < -0.3 is 9.72 Å². The average molecular weight is 305 g/mol. The van der Waals surface area contributed by atoms with Crippen LogP contribution in [0.25, 0.3) is 10.9 Å². The van der Waals surface area contributed by atoms with E-state index in [1.165, 1.54) is 27.7 Å². The zero-order chi connectivity index (χ0) is 17.3. The summed E-state index contributed by atoms with van der Waals surface area (Å²) in [7, 11) is 0. The Morgan fingerprint density at radius 1 is 1.18 bits per heavy atom. The second-order valence-electron chi connectivity index (χ2n) is 5.93. The van der Waals surface area contributed by atoms with Crippen molar-refractivity contribution < 1.29 is 9.53 Å². The van der Waals surface area contributed by atoms with Crippen molar-refractivity contribution in [2.45, 2.75) is 67.4 Å². The van der Waals surface area contributed by atoms with E-state index in [0.29, 0.717) is 6.47 Å². The van der Waals surface area contributed by atoms with Crippen LogP contribution in [-0.2, 0) is 16.0 Å². The van der Waals surface area contributed by atoms with Crippen LogP contribution in [0.3, 0.4) is 0 Å². The fourth-order valence-electron chi connectivity index (χ4n) is 1.87. The molecule has 0 saturated heterocycles. The Hall–Kier alpha value is -1.77. The number of ether oxygens (including phenoxy) is 1. The largest absolute Gasteiger partial charge is 0.462 e. The van der Waals surface area contributed by atoms with E-state index in [9.17, 15) is 4.79 Å². The standard InChI is InChI=1S/C12H15N.C5H10O2.C2H6/c1-4-10-5-6-12-11(7-10)8(2)9(3)13-12;1-5(2,3)7-4-6;1-2/h5-7,13H,4H2,1-3H3;4H,1-3H3;1-2H3. The number of nitrogens with one attached hydrogen (secondary N) is 1. The van der Waals surface area contributed by atoms with Crippen LogP contribution in [-0.4, -0.2) is 17.1 Å². The molecule has 0 atom stereocenters. The van der Waals surface area contributed by atoms with Gasteiger partial charge in [0.15, 0.2) is 0 Å². The van der Waals surface area contributed by atoms with Crippen molar-refractivity contribution in [3.8, 4) is 0 Å². The molecule has 0 amide bonds. The van der Waals surface area contributed by atoms with Crippen LogP contribution in [0.1, 0.15) is 58.4 Å². The molecule has 0 aliphatic rings. The van der Waals surface area contributed by atoms with Crippen molar-refractivity contribution in [3.05, 3.63) is 35.0 Å². The average Bonchev–Trinajstić information content (AvgIpc) is 2.75. The van der Waals surface area contributed by atoms with E-state index in [1.807, 2.05) is 34.6 Å². The maximum Gasteiger partial charge on any atom is 0.293 e. The summed E-state index contributed by atoms with van der Waals surface area (Å²) in [5.74, 6) is 0. The monoisotopic (exact) mass is 305 g/mol. The van der Waals surface area contributed by atoms with Gasteiger partial charge in [-0.2, -0.15) is 0 Å². The summed E-state index contributed by atoms with van der Waals surface area (Å²) in [5.41, 5.74) is 5.01. The maximum absolute atomic E-state index is 9.60. The number of benzene rings is 1. The molecule has 22 heavy (non-hydrogen) atoms. The van der Waals surface area contributed by atoms with Gasteiger partial charge in [-0.25, -0.2) is 0 Å². The molecule has 0 spiro atoms. The lowest BCUT2D eigenvalue weighted by Crippen LogP contribution is -2.17. The molecule has 0 aliphatic heterocycles. The molecule has 0 unspecified atom stereocenters. The molecule has 124 valence electrons. The minimum absolute atomic E-state index is 0.318. The number of carbonyl (C=O) groups is 1. The fourth-order valence-corrected chi connectivity index (χ4v) is 1.87. The number of aromatic amines is 1. The highest BCUT2D eigenvalue weighted by Gasteiger charge is 2.07. The lowest BCUT2D eigenvalue weighted by Gasteiger charge is -2.14. The quantitative estimate of drug-likeness (QED) is 0.762. The topological polar surface area (TPSA) is 42.1 Å². The Morgan fingerprint density at radius 2 is 1.77 bits per heavy atom. The van der Waals surface area contributed by atoms with Gasteiger partial charge in [0, 0.05) is 16.6 Å². The molecule has 0 fully saturated rings. The van der Waals surface area contributed by atoms with Gasteiger partial charge in [-0.3, -0.25) is 4.79 Å². The zero-order valence-corrected chi connectivity index (χ0v) is 15.3. The minimum Gasteiger partial charge on any atom is -0.462 e. The van der Waals surface area contributed by atoms with Crippen LogP contribution in [0.5, 0.6) is 0 Å². The van der Waals surface area contributed by atoms with E-state index in [4.69, 9.17) is 0 Å². The number of aromatic nitrogens is 1. The first-order chi connectivity index (χ1) is 10.3. The number of hydrogen-bond donors (Lipinski definition) is 1. The zero-order valence-electron chi connectivity index (χ0n) is 15.3. The summed E-state index contributed by atoms with van der Waals surface area (Å²) < 4.78 is 4.55. The lowest BCUT2D eigenvalue weighted by molar-refractivity contribution is -0.138. The first kappa shape index (κ1) is 20.2. The van der Waals surface area contributed by atoms with E-state index < -0.39 is 0 Å². The molecular weight excluding hydrogens is 274 g/mol. The number of carbonyl (C=O) groups excluding carboxylic acids is 1. The number of H-pyrrole nitrogens is 1. The third-order valence-electron chi connectivity index (χ3n) is 3.18. The first-order valence-corrected chi connectivity index (χ1v) is 7.97. The normalized spacial score (nSPS) is 10.2. The SMILES string of the molecule is CC.CC(C)(C)OC=O.CCc1ccc2[nH]c(C)c(C)c2c1. The van der Waals surface area contributed by atoms with Gasteiger partial charge in [-0.1, -0.05) is 26.8 Å². The molecule has 2 aromatic rings. The van der Waals surface area contributed by atoms with Crippen molar-refractivity contribution in [1.29, 1.82) is 0 Å². The second-order valence-corrected chi connectivity index (χ2v) is 5.93. The molecule has 1 aromatic heterocycles. The Labute approximate surface area is 135 Å². The Kier molecular flexibility index (Phi) is 8.54. The smallest absolute Gasteiger partial charge is 0.293 e. The Morgan fingerprint density at radius 3 is 2.18 bits per heavy atom. The molecule has 3 nitrogen and oxygen atoms in total. The summed E-state index contributed by atoms with van der Waals surface area (Å²) in [6.45, 7) is 16.4. The predicted octanol–water partition coefficient (Wildman–Crippen LogP) is 5.33. The van der Waals surface area contributed by atoms with E-state index in [2.05, 4.69) is 48.7 Å². The molecule has 0 bridgehead atoms. The molecular formula is C19H31NO2. The summed E-state index contributed by atoms with van der Waals surface area (Å²) >= 11 is 0. The summed E-state index contributed by atoms with van der Waals surface area (Å²) in [4.78, 5) is 13.0. The van der Waals surface area contributed by atoms with Gasteiger partial charge in [-0.05, 0) is 64.3 Å². The lowest BCUT2D eigenvalue weighted by atomic mass is 10.1. The van der Waals surface area contributed by atoms with Gasteiger partial charge in [0.1, 0.15) is 5.60 Å². The summed E-state index contributed by atoms with van der Waals surface area (Å²) in [6.07, 6.45) is 1.11. The van der Waals surface area contributed by atoms with E-state index in [-0.39, 0.29) is 5.60 Å². The van der Waals surface area contributed by atoms with E-state index in [1.54, 1.807) is 0 Å². The van der Waals surface area contributed by atoms with Crippen LogP contribution in [0, 0.1) is 13.8 Å². The third-order valence-corrected chi connectivity index (χ3v) is 3.18. The molecule has 1 N–H and O–H groups in total. The summed E-state index contributed by atoms with van der Waals surface area (Å²) in [6, 6.07) is 6.65. The van der Waals surface area contributed by atoms with Crippen LogP contribution < -0.4 is 0 Å². The van der Waals surface area contributed by atoms with Gasteiger partial charge in [0.2, 0.25) is 0 Å². The van der Waals surface area contributed by atoms with Crippen LogP contribution in [0.2, 0.25) is 0 Å². The molecule has 0 aliphatic carbocycles. The van der Waals surface area contributed by atoms with E-state index >= 15 is 0 Å². The molecule has 2 rings (SSSR count). The van der Waals surface area contributed by atoms with Gasteiger partial charge in [0.25, 0.3) is 6.47 Å². The van der Waals surface area contributed by atoms with Gasteiger partial charge in [-0.15, -0.1) is 0 Å². The first-order valence-electron chi connectivity index (χ1n) is 7.97. The molecule has 0 radical (unpaired) electrons. The van der Waals surface area contributed by atoms with E-state index in [0.717, 1.165) is 6.42 Å². The molecule has 0 saturated carbocycles. The minimum atomic E-state index is -0.318. The third kappa shape index (κ3) is 6.33. The van der Waals surface area contributed by atoms with Crippen molar-refractivity contribution in [1.82, 2.24) is 4.98 Å². The molecule has 1 aromatic carbocycles. The van der Waals surface area contributed by atoms with Crippen LogP contribution >= 0.6 is 0 Å². The van der Waals surface area contributed by atoms with Crippen molar-refractivity contribution in [3.63, 3.8) is 0 Å². The predicted molar refractivity (Wildman–Crippen MR) is 95.4 cm³/mol. The number of hydrogen-bond acceptors (Lipinski definition) is 2. The van der Waals surface area contributed by atoms with Crippen molar-refractivity contribution >= 4 is 17.4 Å². The van der Waals surface area contributed by atoms with Crippen LogP contribution in [0.4, 0.5) is 0 Å². The highest BCUT2D eigenvalue weighted by Crippen LogP contribution is 2.22. The number of aryl methyl sites for hydroxylation is 3. The maximum atomic E-state index is 9.60. The van der Waals surface area contributed by atoms with Gasteiger partial charge in [0.05, 0.1) is 0 Å². The Bertz CT molecular complexity index is 577. The summed E-state index contributed by atoms with van der Waals surface area (Å²) in [5, 5.41) is 1.37. The second kappa shape index (κ2) is 9.29. The highest BCUT2D eigenvalue weighted by molar-refractivity contribution is 5.84.